The van der Waals surface area contributed by atoms with E-state index < -0.39 is 0 Å². The van der Waals surface area contributed by atoms with E-state index in [9.17, 15) is 0 Å². The molecule has 4 saturated carbocycles. The Morgan fingerprint density at radius 1 is 0.312 bits per heavy atom. The van der Waals surface area contributed by atoms with Gasteiger partial charge in [0.1, 0.15) is 0 Å². The first-order valence-electron chi connectivity index (χ1n) is 30.7. The third-order valence-corrected chi connectivity index (χ3v) is 21.5. The molecule has 4 heteroatoms. The molecule has 4 heterocycles. The highest BCUT2D eigenvalue weighted by atomic mass is 15.0. The minimum Gasteiger partial charge on any atom is -0.380 e. The maximum atomic E-state index is 4.68. The minimum atomic E-state index is 0.0525. The third kappa shape index (κ3) is 7.46. The number of aromatic amines is 2. The van der Waals surface area contributed by atoms with Crippen molar-refractivity contribution in [3.05, 3.63) is 250 Å². The number of fused-ring (bicyclic) bond motifs is 4. The van der Waals surface area contributed by atoms with E-state index in [-0.39, 0.29) is 12.1 Å². The first kappa shape index (κ1) is 47.0. The van der Waals surface area contributed by atoms with Gasteiger partial charge in [-0.2, -0.15) is 0 Å². The molecule has 2 aliphatic heterocycles. The molecule has 7 aliphatic rings. The van der Waals surface area contributed by atoms with E-state index in [1.807, 2.05) is 0 Å². The summed E-state index contributed by atoms with van der Waals surface area (Å²) in [7, 11) is 0. The Morgan fingerprint density at radius 3 is 1.01 bits per heavy atom. The van der Waals surface area contributed by atoms with Gasteiger partial charge in [0.2, 0.25) is 0 Å². The average molecular weight is 1040 g/mol. The minimum absolute atomic E-state index is 0.0525. The lowest BCUT2D eigenvalue weighted by atomic mass is 9.61. The highest BCUT2D eigenvalue weighted by Crippen LogP contribution is 2.57. The molecule has 8 bridgehead atoms. The van der Waals surface area contributed by atoms with Crippen molar-refractivity contribution >= 4 is 65.4 Å². The maximum absolute atomic E-state index is 4.68. The summed E-state index contributed by atoms with van der Waals surface area (Å²) < 4.78 is 0. The van der Waals surface area contributed by atoms with Crippen molar-refractivity contribution < 1.29 is 0 Å². The van der Waals surface area contributed by atoms with Crippen LogP contribution >= 0.6 is 0 Å². The van der Waals surface area contributed by atoms with Crippen molar-refractivity contribution in [1.29, 1.82) is 0 Å². The predicted molar refractivity (Wildman–Crippen MR) is 331 cm³/mol. The van der Waals surface area contributed by atoms with Crippen LogP contribution in [-0.4, -0.2) is 22.1 Å². The molecule has 17 rings (SSSR count). The number of nitrogens with one attached hydrogen (secondary N) is 4. The monoisotopic (exact) mass is 1040 g/mol. The van der Waals surface area contributed by atoms with Gasteiger partial charge in [0.15, 0.2) is 0 Å². The third-order valence-electron chi connectivity index (χ3n) is 21.5. The van der Waals surface area contributed by atoms with Gasteiger partial charge in [-0.3, -0.25) is 0 Å². The quantitative estimate of drug-likeness (QED) is 0.142. The van der Waals surface area contributed by atoms with Gasteiger partial charge in [0.25, 0.3) is 0 Å². The molecular formula is C76H70N4. The second-order valence-corrected chi connectivity index (χ2v) is 25.4. The average Bonchev–Trinajstić information content (AvgIpc) is 4.35. The maximum Gasteiger partial charge on any atom is 0.0572 e. The number of hydrogen-bond donors (Lipinski definition) is 4. The molecule has 394 valence electrons. The fourth-order valence-corrected chi connectivity index (χ4v) is 18.0. The van der Waals surface area contributed by atoms with Crippen LogP contribution in [0.2, 0.25) is 0 Å². The molecule has 5 aliphatic carbocycles. The molecule has 80 heavy (non-hydrogen) atoms. The van der Waals surface area contributed by atoms with Gasteiger partial charge >= 0.3 is 0 Å². The molecule has 0 radical (unpaired) electrons. The zero-order valence-corrected chi connectivity index (χ0v) is 45.7. The number of benzene rings is 8. The van der Waals surface area contributed by atoms with E-state index in [4.69, 9.17) is 0 Å². The Morgan fingerprint density at radius 2 is 0.637 bits per heavy atom. The largest absolute Gasteiger partial charge is 0.380 e. The van der Waals surface area contributed by atoms with Gasteiger partial charge in [-0.1, -0.05) is 221 Å². The number of allylic oxidation sites excluding steroid dienone is 2. The summed E-state index contributed by atoms with van der Waals surface area (Å²) >= 11 is 0. The van der Waals surface area contributed by atoms with Gasteiger partial charge in [0.05, 0.1) is 34.2 Å². The van der Waals surface area contributed by atoms with Crippen LogP contribution in [0.25, 0.3) is 65.4 Å². The number of hydrogen-bond acceptors (Lipinski definition) is 2. The summed E-state index contributed by atoms with van der Waals surface area (Å²) in [6.45, 7) is 0. The van der Waals surface area contributed by atoms with Crippen LogP contribution in [0, 0.1) is 47.3 Å². The second-order valence-electron chi connectivity index (χ2n) is 25.4. The number of H-pyrrole nitrogens is 2. The first-order chi connectivity index (χ1) is 39.7. The van der Waals surface area contributed by atoms with Gasteiger partial charge in [-0.05, 0) is 129 Å². The van der Waals surface area contributed by atoms with Crippen LogP contribution in [-0.2, 0) is 0 Å². The first-order valence-corrected chi connectivity index (χ1v) is 30.7. The summed E-state index contributed by atoms with van der Waals surface area (Å²) in [6, 6.07) is 74.7. The summed E-state index contributed by atoms with van der Waals surface area (Å²) in [5, 5.41) is 22.3. The molecule has 10 unspecified atom stereocenters. The predicted octanol–water partition coefficient (Wildman–Crippen LogP) is 16.2. The van der Waals surface area contributed by atoms with Crippen LogP contribution in [0.3, 0.4) is 0 Å². The Bertz CT molecular complexity index is 3990. The van der Waals surface area contributed by atoms with E-state index >= 15 is 0 Å². The van der Waals surface area contributed by atoms with Gasteiger partial charge in [-0.15, -0.1) is 0 Å². The summed E-state index contributed by atoms with van der Waals surface area (Å²) in [5.74, 6) is 4.38. The normalized spacial score (nSPS) is 30.4. The van der Waals surface area contributed by atoms with Crippen LogP contribution in [0.15, 0.2) is 206 Å². The summed E-state index contributed by atoms with van der Waals surface area (Å²) in [6.07, 6.45) is 15.6. The fourth-order valence-electron chi connectivity index (χ4n) is 18.0. The highest BCUT2D eigenvalue weighted by molar-refractivity contribution is 6.11. The van der Waals surface area contributed by atoms with Crippen molar-refractivity contribution in [2.45, 2.75) is 89.1 Å². The zero-order chi connectivity index (χ0) is 52.4. The highest BCUT2D eigenvalue weighted by Gasteiger charge is 2.52. The zero-order valence-electron chi connectivity index (χ0n) is 45.7. The smallest absolute Gasteiger partial charge is 0.0572 e. The van der Waals surface area contributed by atoms with E-state index in [2.05, 4.69) is 215 Å². The summed E-state index contributed by atoms with van der Waals surface area (Å²) in [4.78, 5) is 9.08. The molecule has 10 atom stereocenters. The molecule has 10 aromatic rings. The number of aromatic nitrogens is 2. The topological polar surface area (TPSA) is 55.6 Å². The molecule has 4 nitrogen and oxygen atoms in total. The van der Waals surface area contributed by atoms with Gasteiger partial charge in [-0.25, -0.2) is 0 Å². The van der Waals surface area contributed by atoms with Gasteiger partial charge in [0, 0.05) is 67.1 Å². The Labute approximate surface area is 469 Å². The molecular weight excluding hydrogens is 969 g/mol. The van der Waals surface area contributed by atoms with Crippen molar-refractivity contribution in [1.82, 2.24) is 20.6 Å². The Kier molecular flexibility index (Phi) is 11.1. The molecule has 4 N–H and O–H groups in total. The van der Waals surface area contributed by atoms with Gasteiger partial charge < -0.3 is 20.6 Å². The Hall–Kier alpha value is -7.82. The molecule has 0 amide bonds. The molecule has 0 spiro atoms. The lowest BCUT2D eigenvalue weighted by Gasteiger charge is -2.43. The van der Waals surface area contributed by atoms with E-state index in [0.29, 0.717) is 23.7 Å². The fraction of sp³-hybridized carbons (Fsp3) is 0.289. The molecule has 8 aromatic carbocycles. The van der Waals surface area contributed by atoms with Crippen LogP contribution < -0.4 is 21.3 Å². The molecule has 2 saturated heterocycles. The van der Waals surface area contributed by atoms with Crippen molar-refractivity contribution in [2.75, 3.05) is 0 Å². The van der Waals surface area contributed by atoms with E-state index in [0.717, 1.165) is 23.7 Å². The van der Waals surface area contributed by atoms with Crippen LogP contribution in [0.4, 0.5) is 0 Å². The molecule has 2 aromatic heterocycles. The number of rotatable bonds is 4. The Balaban J connectivity index is 1.09. The van der Waals surface area contributed by atoms with Crippen LogP contribution in [0.5, 0.6) is 0 Å². The van der Waals surface area contributed by atoms with Crippen LogP contribution in [0.1, 0.15) is 111 Å². The van der Waals surface area contributed by atoms with Crippen molar-refractivity contribution in [3.8, 4) is 0 Å². The molecule has 6 fully saturated rings. The summed E-state index contributed by atoms with van der Waals surface area (Å²) in [5.41, 5.74) is 15.9. The lowest BCUT2D eigenvalue weighted by molar-refractivity contribution is 0.104. The van der Waals surface area contributed by atoms with Crippen molar-refractivity contribution in [2.24, 2.45) is 47.3 Å². The SMILES string of the molecule is c1ccc(/C2=C3/NC(/C(c4ccccc4)=c4\[nH]/c(c5cc6ccccc6cc45)=C(/c4ccccc4)C4N/C(=C(/c5ccccc5)c5[nH]c2c2cc6ccccc6cc52)C2CC5CCCCC5CC24)C2CC4CCCCC4CC32)cc1. The second kappa shape index (κ2) is 18.9. The lowest BCUT2D eigenvalue weighted by Crippen LogP contribution is -2.39. The van der Waals surface area contributed by atoms with E-state index in [1.54, 1.807) is 0 Å². The van der Waals surface area contributed by atoms with E-state index in [1.165, 1.54) is 198 Å². The van der Waals surface area contributed by atoms with Crippen molar-refractivity contribution in [3.63, 3.8) is 0 Å². The standard InChI is InChI=1S/C76H70N4/c1-5-21-45(22-6-1)65-69-57-37-49-29-13-15-31-51(49)39-59(57)71(77-69)66(46-23-7-2-8-24-46)73-61-41-53-33-17-19-35-55(53)43-63(61)75(79-73)68(48-27-11-4-12-28-48)76-64-44-56-36-20-18-34-54(56)42-62(64)74(80-76)67(47-25-9-3-10-26-47)72-60-40-52-32-16-14-30-50(52)38-58(60)70(65)78-72/h1-13,15,18,20-29,31,34,36-37,39,42,44,50,52-53,55,58,60-61,63,70,73,77-80H,14,16-17,19,30,32-33,35,38,40-41,43H2/b69-65-,71-66-,72-67-,75-68-.